The number of hydrogen-bond donors (Lipinski definition) is 1. The maximum atomic E-state index is 5.54. The Morgan fingerprint density at radius 1 is 0.400 bits per heavy atom. The Balaban J connectivity index is 2.97. The fourth-order valence-corrected chi connectivity index (χ4v) is 2.40. The molecule has 0 saturated heterocycles. The lowest BCUT2D eigenvalue weighted by atomic mass is 10.2. The topological polar surface area (TPSA) is 76.6 Å². The lowest BCUT2D eigenvalue weighted by molar-refractivity contribution is -0.0204. The zero-order valence-electron chi connectivity index (χ0n) is 19.5. The summed E-state index contributed by atoms with van der Waals surface area (Å²) < 4.78 is 38.1. The van der Waals surface area contributed by atoms with Gasteiger partial charge in [-0.2, -0.15) is 0 Å². The normalized spacial score (nSPS) is 11.4. The molecule has 0 radical (unpaired) electrons. The average Bonchev–Trinajstić information content (AvgIpc) is 2.76. The first-order valence-electron chi connectivity index (χ1n) is 11.6. The second-order valence-electron chi connectivity index (χ2n) is 6.80. The molecule has 8 nitrogen and oxygen atoms in total. The van der Waals surface area contributed by atoms with Crippen LogP contribution in [0.1, 0.15) is 39.0 Å². The molecular formula is C22H47NO7. The summed E-state index contributed by atoms with van der Waals surface area (Å²) in [5.74, 6) is 0. The van der Waals surface area contributed by atoms with Gasteiger partial charge >= 0.3 is 0 Å². The smallest absolute Gasteiger partial charge is 0.0701 e. The summed E-state index contributed by atoms with van der Waals surface area (Å²) in [4.78, 5) is 0. The summed E-state index contributed by atoms with van der Waals surface area (Å²) in [6.45, 7) is 11.7. The van der Waals surface area contributed by atoms with E-state index >= 15 is 0 Å². The minimum atomic E-state index is 0.558. The monoisotopic (exact) mass is 437 g/mol. The number of hydrogen-bond acceptors (Lipinski definition) is 8. The first-order valence-corrected chi connectivity index (χ1v) is 11.6. The van der Waals surface area contributed by atoms with Crippen LogP contribution in [0.3, 0.4) is 0 Å². The fraction of sp³-hybridized carbons (Fsp3) is 1.00. The van der Waals surface area contributed by atoms with E-state index in [0.717, 1.165) is 19.6 Å². The summed E-state index contributed by atoms with van der Waals surface area (Å²) >= 11 is 0. The third-order valence-corrected chi connectivity index (χ3v) is 4.12. The van der Waals surface area contributed by atoms with Gasteiger partial charge in [-0.15, -0.1) is 0 Å². The maximum absolute atomic E-state index is 5.54. The summed E-state index contributed by atoms with van der Waals surface area (Å²) in [5.41, 5.74) is 0. The van der Waals surface area contributed by atoms with Gasteiger partial charge in [0.1, 0.15) is 0 Å². The van der Waals surface area contributed by atoms with E-state index in [1.165, 1.54) is 25.7 Å². The van der Waals surface area contributed by atoms with Crippen LogP contribution in [-0.4, -0.2) is 106 Å². The number of rotatable bonds is 27. The summed E-state index contributed by atoms with van der Waals surface area (Å²) in [7, 11) is 1.90. The van der Waals surface area contributed by atoms with E-state index < -0.39 is 0 Å². The van der Waals surface area contributed by atoms with E-state index in [-0.39, 0.29) is 0 Å². The Hall–Kier alpha value is -0.320. The summed E-state index contributed by atoms with van der Waals surface area (Å²) in [6.07, 6.45) is 6.33. The van der Waals surface area contributed by atoms with E-state index in [1.54, 1.807) is 0 Å². The maximum Gasteiger partial charge on any atom is 0.0701 e. The zero-order chi connectivity index (χ0) is 21.8. The van der Waals surface area contributed by atoms with E-state index in [1.807, 2.05) is 7.05 Å². The highest BCUT2D eigenvalue weighted by Gasteiger charge is 1.95. The summed E-state index contributed by atoms with van der Waals surface area (Å²) in [5, 5.41) is 3.02. The molecule has 0 aromatic rings. The van der Waals surface area contributed by atoms with Crippen molar-refractivity contribution in [1.82, 2.24) is 5.32 Å². The molecule has 0 bridgehead atoms. The molecule has 1 N–H and O–H groups in total. The van der Waals surface area contributed by atoms with Crippen molar-refractivity contribution >= 4 is 0 Å². The molecule has 0 fully saturated rings. The second-order valence-corrected chi connectivity index (χ2v) is 6.80. The van der Waals surface area contributed by atoms with Crippen LogP contribution in [0.5, 0.6) is 0 Å². The van der Waals surface area contributed by atoms with E-state index in [9.17, 15) is 0 Å². The Morgan fingerprint density at radius 2 is 0.733 bits per heavy atom. The molecule has 182 valence electrons. The van der Waals surface area contributed by atoms with Crippen LogP contribution in [0.4, 0.5) is 0 Å². The van der Waals surface area contributed by atoms with Gasteiger partial charge in [0, 0.05) is 13.2 Å². The molecule has 0 amide bonds. The number of nitrogens with one attached hydrogen (secondary N) is 1. The largest absolute Gasteiger partial charge is 0.379 e. The van der Waals surface area contributed by atoms with Crippen LogP contribution in [-0.2, 0) is 33.2 Å². The lowest BCUT2D eigenvalue weighted by Crippen LogP contribution is -2.17. The Labute approximate surface area is 184 Å². The minimum absolute atomic E-state index is 0.558. The van der Waals surface area contributed by atoms with Crippen molar-refractivity contribution in [2.75, 3.05) is 106 Å². The first-order chi connectivity index (χ1) is 14.9. The quantitative estimate of drug-likeness (QED) is 0.196. The Bertz CT molecular complexity index is 271. The van der Waals surface area contributed by atoms with Crippen molar-refractivity contribution in [3.8, 4) is 0 Å². The zero-order valence-corrected chi connectivity index (χ0v) is 19.5. The van der Waals surface area contributed by atoms with Crippen molar-refractivity contribution < 1.29 is 33.2 Å². The van der Waals surface area contributed by atoms with Crippen LogP contribution in [0, 0.1) is 0 Å². The summed E-state index contributed by atoms with van der Waals surface area (Å²) in [6, 6.07) is 0. The molecule has 0 aromatic heterocycles. The van der Waals surface area contributed by atoms with Crippen molar-refractivity contribution in [3.63, 3.8) is 0 Å². The van der Waals surface area contributed by atoms with Crippen LogP contribution >= 0.6 is 0 Å². The number of likely N-dealkylation sites (N-methyl/N-ethyl adjacent to an activating group) is 1. The Kier molecular flexibility index (Phi) is 28.4. The van der Waals surface area contributed by atoms with Gasteiger partial charge in [0.15, 0.2) is 0 Å². The molecule has 0 saturated carbocycles. The highest BCUT2D eigenvalue weighted by atomic mass is 16.6. The number of ether oxygens (including phenoxy) is 7. The molecule has 30 heavy (non-hydrogen) atoms. The molecule has 0 aliphatic rings. The SMILES string of the molecule is CCCCCCCOCCOCCOCCOCCOCCOCCOCCNC. The molecule has 0 rings (SSSR count). The van der Waals surface area contributed by atoms with Gasteiger partial charge in [0.25, 0.3) is 0 Å². The molecule has 0 aromatic carbocycles. The lowest BCUT2D eigenvalue weighted by Gasteiger charge is -2.08. The molecule has 0 atom stereocenters. The second kappa shape index (κ2) is 28.7. The highest BCUT2D eigenvalue weighted by molar-refractivity contribution is 4.42. The predicted octanol–water partition coefficient (Wildman–Crippen LogP) is 2.29. The van der Waals surface area contributed by atoms with Crippen LogP contribution in [0.25, 0.3) is 0 Å². The van der Waals surface area contributed by atoms with Crippen LogP contribution in [0.15, 0.2) is 0 Å². The van der Waals surface area contributed by atoms with Crippen molar-refractivity contribution in [3.05, 3.63) is 0 Å². The van der Waals surface area contributed by atoms with Crippen molar-refractivity contribution in [1.29, 1.82) is 0 Å². The average molecular weight is 438 g/mol. The van der Waals surface area contributed by atoms with E-state index in [4.69, 9.17) is 33.2 Å². The highest BCUT2D eigenvalue weighted by Crippen LogP contribution is 2.02. The molecule has 0 spiro atoms. The fourth-order valence-electron chi connectivity index (χ4n) is 2.40. The molecule has 0 aliphatic heterocycles. The Morgan fingerprint density at radius 3 is 1.10 bits per heavy atom. The standard InChI is InChI=1S/C22H47NO7/c1-3-4-5-6-7-9-24-11-13-26-15-17-28-19-21-30-22-20-29-18-16-27-14-12-25-10-8-23-2/h23H,3-22H2,1-2H3. The van der Waals surface area contributed by atoms with Gasteiger partial charge in [-0.05, 0) is 13.5 Å². The van der Waals surface area contributed by atoms with Crippen molar-refractivity contribution in [2.45, 2.75) is 39.0 Å². The predicted molar refractivity (Wildman–Crippen MR) is 118 cm³/mol. The minimum Gasteiger partial charge on any atom is -0.379 e. The molecule has 0 aliphatic carbocycles. The third kappa shape index (κ3) is 27.7. The molecule has 8 heteroatoms. The molecule has 0 heterocycles. The molecule has 0 unspecified atom stereocenters. The van der Waals surface area contributed by atoms with Crippen LogP contribution < -0.4 is 5.32 Å². The van der Waals surface area contributed by atoms with Gasteiger partial charge in [0.05, 0.1) is 85.9 Å². The van der Waals surface area contributed by atoms with Gasteiger partial charge in [-0.1, -0.05) is 32.6 Å². The van der Waals surface area contributed by atoms with Crippen LogP contribution in [0.2, 0.25) is 0 Å². The first kappa shape index (κ1) is 29.7. The van der Waals surface area contributed by atoms with Gasteiger partial charge in [-0.3, -0.25) is 0 Å². The van der Waals surface area contributed by atoms with Crippen molar-refractivity contribution in [2.24, 2.45) is 0 Å². The molecular weight excluding hydrogens is 390 g/mol. The van der Waals surface area contributed by atoms with E-state index in [2.05, 4.69) is 12.2 Å². The van der Waals surface area contributed by atoms with Gasteiger partial charge in [-0.25, -0.2) is 0 Å². The number of unbranched alkanes of at least 4 members (excludes halogenated alkanes) is 4. The third-order valence-electron chi connectivity index (χ3n) is 4.12. The van der Waals surface area contributed by atoms with E-state index in [0.29, 0.717) is 85.9 Å². The van der Waals surface area contributed by atoms with Gasteiger partial charge in [0.2, 0.25) is 0 Å². The van der Waals surface area contributed by atoms with Gasteiger partial charge < -0.3 is 38.5 Å².